The molecule has 3 fully saturated rings. The molecule has 3 N–H and O–H groups in total. The zero-order valence-electron chi connectivity index (χ0n) is 10.0. The van der Waals surface area contributed by atoms with Crippen molar-refractivity contribution in [2.75, 3.05) is 19.8 Å². The molecule has 0 aliphatic heterocycles. The van der Waals surface area contributed by atoms with Crippen LogP contribution >= 0.6 is 0 Å². The Morgan fingerprint density at radius 1 is 1.12 bits per heavy atom. The molecule has 4 unspecified atom stereocenters. The van der Waals surface area contributed by atoms with E-state index in [4.69, 9.17) is 0 Å². The Bertz CT molecular complexity index is 261. The van der Waals surface area contributed by atoms with Gasteiger partial charge in [-0.25, -0.2) is 0 Å². The SMILES string of the molecule is CC(CO)(CO)CNC1C2C3CCC(C3)C12. The van der Waals surface area contributed by atoms with Crippen LogP contribution in [0.1, 0.15) is 26.2 Å². The van der Waals surface area contributed by atoms with Crippen molar-refractivity contribution in [1.29, 1.82) is 0 Å². The highest BCUT2D eigenvalue weighted by molar-refractivity contribution is 5.16. The molecular weight excluding hydrogens is 202 g/mol. The van der Waals surface area contributed by atoms with Gasteiger partial charge < -0.3 is 15.5 Å². The van der Waals surface area contributed by atoms with Gasteiger partial charge in [0.05, 0.1) is 13.2 Å². The lowest BCUT2D eigenvalue weighted by Gasteiger charge is -2.25. The molecular formula is C13H23NO2. The van der Waals surface area contributed by atoms with E-state index in [0.717, 1.165) is 30.2 Å². The van der Waals surface area contributed by atoms with Crippen LogP contribution in [0.25, 0.3) is 0 Å². The Morgan fingerprint density at radius 2 is 1.69 bits per heavy atom. The molecule has 3 rings (SSSR count). The van der Waals surface area contributed by atoms with Gasteiger partial charge in [0.1, 0.15) is 0 Å². The number of hydrogen-bond donors (Lipinski definition) is 3. The van der Waals surface area contributed by atoms with Crippen molar-refractivity contribution < 1.29 is 10.2 Å². The van der Waals surface area contributed by atoms with E-state index in [0.29, 0.717) is 6.04 Å². The highest BCUT2D eigenvalue weighted by atomic mass is 16.3. The third kappa shape index (κ3) is 1.52. The minimum Gasteiger partial charge on any atom is -0.396 e. The first-order valence-electron chi connectivity index (χ1n) is 6.64. The van der Waals surface area contributed by atoms with Crippen LogP contribution in [0.2, 0.25) is 0 Å². The number of aliphatic hydroxyl groups is 2. The van der Waals surface area contributed by atoms with Gasteiger partial charge in [0.15, 0.2) is 0 Å². The Balaban J connectivity index is 1.52. The maximum atomic E-state index is 9.24. The maximum absolute atomic E-state index is 9.24. The average molecular weight is 225 g/mol. The fraction of sp³-hybridized carbons (Fsp3) is 1.00. The lowest BCUT2D eigenvalue weighted by molar-refractivity contribution is 0.0685. The number of rotatable bonds is 5. The first kappa shape index (κ1) is 11.0. The lowest BCUT2D eigenvalue weighted by atomic mass is 9.93. The third-order valence-electron chi connectivity index (χ3n) is 5.26. The van der Waals surface area contributed by atoms with Crippen molar-refractivity contribution in [3.63, 3.8) is 0 Å². The van der Waals surface area contributed by atoms with Gasteiger partial charge in [0.2, 0.25) is 0 Å². The summed E-state index contributed by atoms with van der Waals surface area (Å²) in [5.74, 6) is 3.84. The molecule has 0 spiro atoms. The molecule has 0 saturated heterocycles. The second-order valence-electron chi connectivity index (χ2n) is 6.52. The van der Waals surface area contributed by atoms with Gasteiger partial charge in [-0.3, -0.25) is 0 Å². The smallest absolute Gasteiger partial charge is 0.0518 e. The Morgan fingerprint density at radius 3 is 2.19 bits per heavy atom. The van der Waals surface area contributed by atoms with Gasteiger partial charge in [-0.05, 0) is 42.9 Å². The number of hydrogen-bond acceptors (Lipinski definition) is 3. The summed E-state index contributed by atoms with van der Waals surface area (Å²) >= 11 is 0. The normalized spacial score (nSPS) is 44.8. The van der Waals surface area contributed by atoms with E-state index in [1.165, 1.54) is 19.3 Å². The van der Waals surface area contributed by atoms with Crippen molar-refractivity contribution in [3.8, 4) is 0 Å². The number of aliphatic hydroxyl groups excluding tert-OH is 2. The van der Waals surface area contributed by atoms with Gasteiger partial charge in [-0.1, -0.05) is 6.92 Å². The van der Waals surface area contributed by atoms with Crippen LogP contribution < -0.4 is 5.32 Å². The van der Waals surface area contributed by atoms with E-state index in [-0.39, 0.29) is 18.6 Å². The maximum Gasteiger partial charge on any atom is 0.0518 e. The van der Waals surface area contributed by atoms with E-state index in [9.17, 15) is 10.2 Å². The largest absolute Gasteiger partial charge is 0.396 e. The van der Waals surface area contributed by atoms with Crippen LogP contribution in [-0.2, 0) is 0 Å². The monoisotopic (exact) mass is 225 g/mol. The summed E-state index contributed by atoms with van der Waals surface area (Å²) in [6.45, 7) is 2.81. The van der Waals surface area contributed by atoms with Crippen molar-refractivity contribution >= 4 is 0 Å². The summed E-state index contributed by atoms with van der Waals surface area (Å²) in [5, 5.41) is 22.1. The van der Waals surface area contributed by atoms with Crippen LogP contribution in [0.5, 0.6) is 0 Å². The van der Waals surface area contributed by atoms with Gasteiger partial charge in [-0.15, -0.1) is 0 Å². The van der Waals surface area contributed by atoms with Crippen molar-refractivity contribution in [1.82, 2.24) is 5.32 Å². The predicted octanol–water partition coefficient (Wildman–Crippen LogP) is 0.611. The fourth-order valence-corrected chi connectivity index (χ4v) is 4.12. The van der Waals surface area contributed by atoms with E-state index in [1.54, 1.807) is 0 Å². The van der Waals surface area contributed by atoms with Crippen LogP contribution in [0.15, 0.2) is 0 Å². The molecule has 92 valence electrons. The second-order valence-corrected chi connectivity index (χ2v) is 6.52. The zero-order valence-corrected chi connectivity index (χ0v) is 10.0. The molecule has 2 bridgehead atoms. The molecule has 3 heteroatoms. The zero-order chi connectivity index (χ0) is 11.3. The molecule has 3 aliphatic rings. The first-order valence-corrected chi connectivity index (χ1v) is 6.64. The van der Waals surface area contributed by atoms with Crippen molar-refractivity contribution in [3.05, 3.63) is 0 Å². The summed E-state index contributed by atoms with van der Waals surface area (Å²) in [5.41, 5.74) is -0.351. The highest BCUT2D eigenvalue weighted by Crippen LogP contribution is 2.65. The summed E-state index contributed by atoms with van der Waals surface area (Å²) in [6, 6.07) is 0.698. The van der Waals surface area contributed by atoms with Crippen LogP contribution in [0.4, 0.5) is 0 Å². The molecule has 3 saturated carbocycles. The van der Waals surface area contributed by atoms with E-state index < -0.39 is 0 Å². The molecule has 4 atom stereocenters. The van der Waals surface area contributed by atoms with E-state index in [2.05, 4.69) is 5.32 Å². The topological polar surface area (TPSA) is 52.5 Å². The third-order valence-corrected chi connectivity index (χ3v) is 5.26. The molecule has 0 amide bonds. The highest BCUT2D eigenvalue weighted by Gasteiger charge is 2.64. The summed E-state index contributed by atoms with van der Waals surface area (Å²) in [7, 11) is 0. The quantitative estimate of drug-likeness (QED) is 0.642. The minimum absolute atomic E-state index is 0.0609. The molecule has 3 aliphatic carbocycles. The Labute approximate surface area is 97.2 Å². The van der Waals surface area contributed by atoms with Crippen molar-refractivity contribution in [2.24, 2.45) is 29.1 Å². The molecule has 0 aromatic carbocycles. The molecule has 0 aromatic heterocycles. The number of fused-ring (bicyclic) bond motifs is 5. The molecule has 16 heavy (non-hydrogen) atoms. The Hall–Kier alpha value is -0.120. The first-order chi connectivity index (χ1) is 7.68. The van der Waals surface area contributed by atoms with E-state index in [1.807, 2.05) is 6.92 Å². The van der Waals surface area contributed by atoms with Gasteiger partial charge in [0, 0.05) is 18.0 Å². The van der Waals surface area contributed by atoms with E-state index >= 15 is 0 Å². The molecule has 0 heterocycles. The minimum atomic E-state index is -0.351. The number of nitrogens with one attached hydrogen (secondary N) is 1. The van der Waals surface area contributed by atoms with Gasteiger partial charge in [-0.2, -0.15) is 0 Å². The summed E-state index contributed by atoms with van der Waals surface area (Å²) in [4.78, 5) is 0. The van der Waals surface area contributed by atoms with Crippen LogP contribution in [0.3, 0.4) is 0 Å². The van der Waals surface area contributed by atoms with Crippen LogP contribution in [0, 0.1) is 29.1 Å². The Kier molecular flexibility index (Phi) is 2.54. The van der Waals surface area contributed by atoms with Crippen molar-refractivity contribution in [2.45, 2.75) is 32.2 Å². The summed E-state index contributed by atoms with van der Waals surface area (Å²) in [6.07, 6.45) is 4.37. The standard InChI is InChI=1S/C13H23NO2/c1-13(6-15,7-16)5-14-12-10-8-2-3-9(4-8)11(10)12/h8-12,14-16H,2-7H2,1H3. The predicted molar refractivity (Wildman–Crippen MR) is 61.9 cm³/mol. The second kappa shape index (κ2) is 3.69. The fourth-order valence-electron chi connectivity index (χ4n) is 4.12. The van der Waals surface area contributed by atoms with Crippen LogP contribution in [-0.4, -0.2) is 36.0 Å². The lowest BCUT2D eigenvalue weighted by Crippen LogP contribution is -2.40. The molecule has 0 radical (unpaired) electrons. The summed E-state index contributed by atoms with van der Waals surface area (Å²) < 4.78 is 0. The van der Waals surface area contributed by atoms with Gasteiger partial charge in [0.25, 0.3) is 0 Å². The molecule has 3 nitrogen and oxygen atoms in total. The van der Waals surface area contributed by atoms with Gasteiger partial charge >= 0.3 is 0 Å². The average Bonchev–Trinajstić information content (AvgIpc) is 2.71. The molecule has 0 aromatic rings.